The van der Waals surface area contributed by atoms with Gasteiger partial charge in [0.15, 0.2) is 27.2 Å². The fourth-order valence-corrected chi connectivity index (χ4v) is 31.4. The zero-order valence-electron chi connectivity index (χ0n) is 78.4. The number of ether oxygens (including phenoxy) is 12. The lowest BCUT2D eigenvalue weighted by Gasteiger charge is -2.63. The van der Waals surface area contributed by atoms with Crippen molar-refractivity contribution >= 4 is 23.9 Å². The van der Waals surface area contributed by atoms with Gasteiger partial charge in [-0.15, -0.1) is 0 Å². The maximum absolute atomic E-state index is 14.6. The molecule has 0 radical (unpaired) electrons. The standard InChI is InChI=1S/C112H128O20/c1-61-77-29-65-41-105(5,49-77)53-109(61,45-65)129-57-125-101(117)73-21-13-69(14-22-73)97-81-33-86(94(122-10)37-89(81)113)99(71-17-25-75(26-18-71)103(119)127-59-131-111-47-67-31-79(63(111)3)51-107(7,43-67)55-111)83-35-88(96(124-12)39-91(83)115)100(72-19-27-76(28-20-72)104(120)128-60-132-112-48-68-32-80(64(112)4)52-108(8,44-68)56-112)84-36-87(95(123-11)40-92(84)116)98(82-34-85(97)93(121-9)38-90(82)114)70-15-23-74(24-16-70)102(118)126-58-130-110-46-66-30-78(62(110)2)50-106(6,42-66)54-110/h13-28,33-40,61-68,77-80,97-100,113-116H,29-32,41-60H2,1-12H3. The highest BCUT2D eigenvalue weighted by molar-refractivity contribution is 5.91. The largest absolute Gasteiger partial charge is 0.507 e. The van der Waals surface area contributed by atoms with E-state index in [4.69, 9.17) is 56.8 Å². The van der Waals surface area contributed by atoms with Crippen molar-refractivity contribution in [1.29, 1.82) is 0 Å². The molecule has 696 valence electrons. The first-order chi connectivity index (χ1) is 63.2. The van der Waals surface area contributed by atoms with Crippen molar-refractivity contribution in [3.63, 3.8) is 0 Å². The Morgan fingerprint density at radius 3 is 0.659 bits per heavy atom. The molecule has 0 saturated heterocycles. The minimum Gasteiger partial charge on any atom is -0.507 e. The van der Waals surface area contributed by atoms with Gasteiger partial charge in [0.05, 0.1) is 73.1 Å². The van der Waals surface area contributed by atoms with Crippen LogP contribution in [0.5, 0.6) is 46.0 Å². The van der Waals surface area contributed by atoms with Gasteiger partial charge in [-0.25, -0.2) is 19.2 Å². The van der Waals surface area contributed by atoms with Gasteiger partial charge in [0.2, 0.25) is 0 Å². The normalized spacial score (nSPS) is 35.2. The van der Waals surface area contributed by atoms with Crippen LogP contribution < -0.4 is 18.9 Å². The van der Waals surface area contributed by atoms with Crippen LogP contribution in [-0.2, 0) is 37.9 Å². The van der Waals surface area contributed by atoms with Gasteiger partial charge in [0.25, 0.3) is 0 Å². The van der Waals surface area contributed by atoms with Crippen molar-refractivity contribution in [2.75, 3.05) is 55.6 Å². The van der Waals surface area contributed by atoms with Crippen molar-refractivity contribution in [2.24, 2.45) is 92.7 Å². The molecule has 16 saturated carbocycles. The molecule has 16 fully saturated rings. The van der Waals surface area contributed by atoms with E-state index >= 15 is 0 Å². The van der Waals surface area contributed by atoms with Crippen LogP contribution in [0.2, 0.25) is 0 Å². The van der Waals surface area contributed by atoms with Crippen molar-refractivity contribution in [3.05, 3.63) is 235 Å². The molecule has 0 aromatic heterocycles. The SMILES string of the molecule is COc1cc(O)c2cc1C(c1ccc(C(=O)OCOC34CC5CC(CC(C)(C5)C3)C4C)cc1)c1cc(c(OC)cc1O)C(c1ccc(C(=O)OCOC34CC5CC(CC(C)(C5)C3)C4C)cc1)c1cc(c(OC)cc1O)C(c1ccc(C(=O)OCOC34CC5CC(CC(C)(C5)C3)C4C)cc1)c1cc(c(OC)cc1O)C2c1ccc(C(=O)OCOC23CC4CC(CC(C)(C4)C2)C3C)cc1. The minimum atomic E-state index is -1.07. The number of methoxy groups -OCH3 is 4. The molecular formula is C112H128O20. The van der Waals surface area contributed by atoms with E-state index in [2.05, 4.69) is 55.4 Å². The van der Waals surface area contributed by atoms with Gasteiger partial charge in [-0.1, -0.05) is 104 Å². The first-order valence-corrected chi connectivity index (χ1v) is 48.5. The molecule has 20 heteroatoms. The Morgan fingerprint density at radius 1 is 0.280 bits per heavy atom. The van der Waals surface area contributed by atoms with Gasteiger partial charge < -0.3 is 77.3 Å². The Balaban J connectivity index is 0.702. The summed E-state index contributed by atoms with van der Waals surface area (Å²) in [4.78, 5) is 58.3. The lowest BCUT2D eigenvalue weighted by Crippen LogP contribution is -2.61. The average molecular weight is 1790 g/mol. The molecule has 0 amide bonds. The maximum atomic E-state index is 14.6. The van der Waals surface area contributed by atoms with Gasteiger partial charge in [0.1, 0.15) is 46.0 Å². The summed E-state index contributed by atoms with van der Waals surface area (Å²) < 4.78 is 77.3. The summed E-state index contributed by atoms with van der Waals surface area (Å²) in [7, 11) is 5.98. The molecule has 132 heavy (non-hydrogen) atoms. The van der Waals surface area contributed by atoms with Gasteiger partial charge in [-0.3, -0.25) is 0 Å². The summed E-state index contributed by atoms with van der Waals surface area (Å²) in [6.45, 7) is 17.8. The summed E-state index contributed by atoms with van der Waals surface area (Å²) in [6.07, 6.45) is 21.8. The van der Waals surface area contributed by atoms with E-state index in [1.807, 2.05) is 24.3 Å². The van der Waals surface area contributed by atoms with E-state index < -0.39 is 47.5 Å². The molecule has 17 aliphatic rings. The minimum absolute atomic E-state index is 0.185. The lowest BCUT2D eigenvalue weighted by atomic mass is 9.45. The summed E-state index contributed by atoms with van der Waals surface area (Å²) >= 11 is 0. The van der Waals surface area contributed by atoms with Crippen LogP contribution in [-0.4, -0.2) is 122 Å². The van der Waals surface area contributed by atoms with Crippen LogP contribution >= 0.6 is 0 Å². The van der Waals surface area contributed by atoms with Crippen molar-refractivity contribution < 1.29 is 96.4 Å². The van der Waals surface area contributed by atoms with E-state index in [0.717, 1.165) is 51.4 Å². The molecule has 20 nitrogen and oxygen atoms in total. The molecule has 8 aromatic rings. The number of carbonyl (C=O) groups is 4. The molecular weight excluding hydrogens is 1670 g/mol. The van der Waals surface area contributed by atoms with Crippen molar-refractivity contribution in [3.8, 4) is 46.0 Å². The number of phenolic OH excluding ortho intramolecular Hbond substituents is 4. The van der Waals surface area contributed by atoms with Crippen LogP contribution in [0, 0.1) is 92.7 Å². The topological polar surface area (TPSA) is 260 Å². The van der Waals surface area contributed by atoms with Gasteiger partial charge in [-0.05, 0) is 316 Å². The predicted octanol–water partition coefficient (Wildman–Crippen LogP) is 22.5. The van der Waals surface area contributed by atoms with Crippen molar-refractivity contribution in [2.45, 2.75) is 230 Å². The van der Waals surface area contributed by atoms with Crippen LogP contribution in [0.3, 0.4) is 0 Å². The summed E-state index contributed by atoms with van der Waals surface area (Å²) in [5, 5.41) is 53.3. The molecule has 24 unspecified atom stereocenters. The predicted molar refractivity (Wildman–Crippen MR) is 494 cm³/mol. The second kappa shape index (κ2) is 32.9. The van der Waals surface area contributed by atoms with Crippen LogP contribution in [0.25, 0.3) is 0 Å². The third-order valence-corrected chi connectivity index (χ3v) is 36.3. The highest BCUT2D eigenvalue weighted by Crippen LogP contribution is 2.70. The molecule has 4 N–H and O–H groups in total. The summed E-state index contributed by atoms with van der Waals surface area (Å²) in [6, 6.07) is 41.3. The van der Waals surface area contributed by atoms with E-state index in [0.29, 0.717) is 116 Å². The average Bonchev–Trinajstić information content (AvgIpc) is 0.725. The second-order valence-corrected chi connectivity index (χ2v) is 44.9. The third kappa shape index (κ3) is 15.2. The van der Waals surface area contributed by atoms with E-state index in [1.54, 1.807) is 97.1 Å². The first-order valence-electron chi connectivity index (χ1n) is 48.5. The Bertz CT molecular complexity index is 5140. The van der Waals surface area contributed by atoms with E-state index in [9.17, 15) is 39.6 Å². The van der Waals surface area contributed by atoms with Crippen molar-refractivity contribution in [1.82, 2.24) is 0 Å². The number of benzene rings is 8. The van der Waals surface area contributed by atoms with Crippen LogP contribution in [0.4, 0.5) is 0 Å². The molecule has 17 aliphatic carbocycles. The molecule has 24 atom stereocenters. The molecule has 8 aromatic carbocycles. The first kappa shape index (κ1) is 88.5. The smallest absolute Gasteiger partial charge is 0.340 e. The fourth-order valence-electron chi connectivity index (χ4n) is 31.4. The summed E-state index contributed by atoms with van der Waals surface area (Å²) in [5.41, 5.74) is 5.16. The molecule has 0 heterocycles. The number of fused-ring (bicyclic) bond motifs is 8. The zero-order chi connectivity index (χ0) is 91.8. The molecule has 0 aliphatic heterocycles. The monoisotopic (exact) mass is 1790 g/mol. The second-order valence-electron chi connectivity index (χ2n) is 44.9. The zero-order valence-corrected chi connectivity index (χ0v) is 78.4. The number of hydrogen-bond donors (Lipinski definition) is 4. The van der Waals surface area contributed by atoms with Gasteiger partial charge in [0, 0.05) is 92.4 Å². The highest BCUT2D eigenvalue weighted by atomic mass is 16.7. The number of carbonyl (C=O) groups excluding carboxylic acids is 4. The number of esters is 4. The Morgan fingerprint density at radius 2 is 0.477 bits per heavy atom. The van der Waals surface area contributed by atoms with Gasteiger partial charge in [-0.2, -0.15) is 0 Å². The number of phenols is 4. The number of hydrogen-bond acceptors (Lipinski definition) is 20. The summed E-state index contributed by atoms with van der Waals surface area (Å²) in [5.74, 6) is -0.979. The highest BCUT2D eigenvalue weighted by Gasteiger charge is 2.65. The quantitative estimate of drug-likeness (QED) is 0.0249. The molecule has 25 rings (SSSR count). The fraction of sp³-hybridized carbons (Fsp3) is 0.536. The van der Waals surface area contributed by atoms with Crippen LogP contribution in [0.1, 0.15) is 316 Å². The van der Waals surface area contributed by atoms with E-state index in [-0.39, 0.29) is 162 Å². The maximum Gasteiger partial charge on any atom is 0.340 e. The lowest BCUT2D eigenvalue weighted by molar-refractivity contribution is -0.245. The van der Waals surface area contributed by atoms with Gasteiger partial charge >= 0.3 is 23.9 Å². The number of rotatable bonds is 24. The molecule has 0 spiro atoms. The van der Waals surface area contributed by atoms with Crippen LogP contribution in [0.15, 0.2) is 146 Å². The Labute approximate surface area is 774 Å². The number of aromatic hydroxyl groups is 4. The molecule has 24 bridgehead atoms. The third-order valence-electron chi connectivity index (χ3n) is 36.3. The Hall–Kier alpha value is -10.1. The van der Waals surface area contributed by atoms with E-state index in [1.165, 1.54) is 130 Å². The Kier molecular flexibility index (Phi) is 22.0.